The summed E-state index contributed by atoms with van der Waals surface area (Å²) in [6.45, 7) is 0.413. The average Bonchev–Trinajstić information content (AvgIpc) is 3.11. The van der Waals surface area contributed by atoms with E-state index in [1.54, 1.807) is 24.3 Å². The molecule has 134 valence electrons. The molecule has 0 saturated carbocycles. The van der Waals surface area contributed by atoms with Gasteiger partial charge >= 0.3 is 0 Å². The highest BCUT2D eigenvalue weighted by Crippen LogP contribution is 2.18. The van der Waals surface area contributed by atoms with Crippen molar-refractivity contribution < 1.29 is 9.32 Å². The Morgan fingerprint density at radius 2 is 1.81 bits per heavy atom. The first-order valence-electron chi connectivity index (χ1n) is 8.17. The van der Waals surface area contributed by atoms with Crippen LogP contribution in [0.15, 0.2) is 53.1 Å². The molecule has 0 bridgehead atoms. The van der Waals surface area contributed by atoms with Gasteiger partial charge in [0.25, 0.3) is 5.91 Å². The van der Waals surface area contributed by atoms with Gasteiger partial charge in [-0.15, -0.1) is 0 Å². The van der Waals surface area contributed by atoms with E-state index in [0.717, 1.165) is 11.3 Å². The van der Waals surface area contributed by atoms with Gasteiger partial charge in [-0.2, -0.15) is 4.98 Å². The van der Waals surface area contributed by atoms with Crippen LogP contribution >= 0.6 is 11.6 Å². The van der Waals surface area contributed by atoms with E-state index in [1.165, 1.54) is 0 Å². The Morgan fingerprint density at radius 1 is 1.12 bits per heavy atom. The van der Waals surface area contributed by atoms with Crippen molar-refractivity contribution in [1.29, 1.82) is 0 Å². The predicted molar refractivity (Wildman–Crippen MR) is 102 cm³/mol. The highest BCUT2D eigenvalue weighted by Gasteiger charge is 2.10. The fourth-order valence-electron chi connectivity index (χ4n) is 2.37. The van der Waals surface area contributed by atoms with E-state index in [-0.39, 0.29) is 5.91 Å². The van der Waals surface area contributed by atoms with Crippen molar-refractivity contribution in [2.45, 2.75) is 6.42 Å². The monoisotopic (exact) mass is 370 g/mol. The van der Waals surface area contributed by atoms with Gasteiger partial charge in [0.2, 0.25) is 11.7 Å². The highest BCUT2D eigenvalue weighted by atomic mass is 35.5. The Labute approximate surface area is 156 Å². The molecule has 0 aliphatic heterocycles. The number of hydrogen-bond acceptors (Lipinski definition) is 5. The fraction of sp³-hybridized carbons (Fsp3) is 0.211. The Hall–Kier alpha value is -2.86. The lowest BCUT2D eigenvalue weighted by Gasteiger charge is -2.12. The fourth-order valence-corrected chi connectivity index (χ4v) is 2.49. The maximum absolute atomic E-state index is 12.2. The molecule has 3 rings (SSSR count). The highest BCUT2D eigenvalue weighted by molar-refractivity contribution is 6.30. The summed E-state index contributed by atoms with van der Waals surface area (Å²) in [5.74, 6) is 0.841. The largest absolute Gasteiger partial charge is 0.378 e. The summed E-state index contributed by atoms with van der Waals surface area (Å²) in [5.41, 5.74) is 2.49. The van der Waals surface area contributed by atoms with E-state index in [9.17, 15) is 4.79 Å². The molecule has 1 heterocycles. The number of anilines is 1. The number of carbonyl (C=O) groups excluding carboxylic acids is 1. The molecule has 0 atom stereocenters. The molecule has 0 radical (unpaired) electrons. The standard InChI is InChI=1S/C19H19ClN4O2/c1-24(2)16-9-5-14(6-10-16)19(25)21-12-11-17-22-18(23-26-17)13-3-7-15(20)8-4-13/h3-10H,11-12H2,1-2H3,(H,21,25). The van der Waals surface area contributed by atoms with E-state index >= 15 is 0 Å². The second-order valence-corrected chi connectivity index (χ2v) is 6.40. The van der Waals surface area contributed by atoms with Gasteiger partial charge in [-0.3, -0.25) is 4.79 Å². The first kappa shape index (κ1) is 17.9. The molecule has 0 aliphatic rings. The zero-order valence-electron chi connectivity index (χ0n) is 14.6. The second kappa shape index (κ2) is 8.01. The molecule has 1 aromatic heterocycles. The lowest BCUT2D eigenvalue weighted by atomic mass is 10.2. The number of amides is 1. The molecule has 1 N–H and O–H groups in total. The summed E-state index contributed by atoms with van der Waals surface area (Å²) in [7, 11) is 3.91. The van der Waals surface area contributed by atoms with Crippen molar-refractivity contribution >= 4 is 23.2 Å². The normalized spacial score (nSPS) is 10.6. The van der Waals surface area contributed by atoms with Gasteiger partial charge < -0.3 is 14.7 Å². The number of hydrogen-bond donors (Lipinski definition) is 1. The SMILES string of the molecule is CN(C)c1ccc(C(=O)NCCc2nc(-c3ccc(Cl)cc3)no2)cc1. The summed E-state index contributed by atoms with van der Waals surface area (Å²) in [4.78, 5) is 18.5. The molecule has 0 spiro atoms. The van der Waals surface area contributed by atoms with Crippen molar-refractivity contribution in [1.82, 2.24) is 15.5 Å². The number of aromatic nitrogens is 2. The smallest absolute Gasteiger partial charge is 0.251 e. The third kappa shape index (κ3) is 4.40. The number of carbonyl (C=O) groups is 1. The Morgan fingerprint density at radius 3 is 2.46 bits per heavy atom. The van der Waals surface area contributed by atoms with Gasteiger partial charge in [-0.25, -0.2) is 0 Å². The van der Waals surface area contributed by atoms with Gasteiger partial charge in [0.05, 0.1) is 0 Å². The predicted octanol–water partition coefficient (Wildman–Crippen LogP) is 3.43. The van der Waals surface area contributed by atoms with Crippen LogP contribution in [0.2, 0.25) is 5.02 Å². The first-order chi connectivity index (χ1) is 12.5. The van der Waals surface area contributed by atoms with Crippen molar-refractivity contribution in [2.75, 3.05) is 25.5 Å². The van der Waals surface area contributed by atoms with Gasteiger partial charge in [-0.05, 0) is 48.5 Å². The van der Waals surface area contributed by atoms with Crippen molar-refractivity contribution in [2.24, 2.45) is 0 Å². The van der Waals surface area contributed by atoms with Gasteiger partial charge in [0.15, 0.2) is 0 Å². The zero-order valence-corrected chi connectivity index (χ0v) is 15.3. The lowest BCUT2D eigenvalue weighted by molar-refractivity contribution is 0.0953. The molecule has 26 heavy (non-hydrogen) atoms. The molecular weight excluding hydrogens is 352 g/mol. The van der Waals surface area contributed by atoms with Crippen LogP contribution in [0.3, 0.4) is 0 Å². The Kier molecular flexibility index (Phi) is 5.53. The van der Waals surface area contributed by atoms with Crippen LogP contribution in [0.1, 0.15) is 16.2 Å². The molecule has 0 fully saturated rings. The third-order valence-electron chi connectivity index (χ3n) is 3.84. The molecule has 0 saturated heterocycles. The van der Waals surface area contributed by atoms with Crippen LogP contribution in [0.25, 0.3) is 11.4 Å². The summed E-state index contributed by atoms with van der Waals surface area (Å²) < 4.78 is 5.23. The van der Waals surface area contributed by atoms with E-state index in [1.807, 2.05) is 43.3 Å². The van der Waals surface area contributed by atoms with E-state index < -0.39 is 0 Å². The molecule has 0 unspecified atom stereocenters. The molecule has 7 heteroatoms. The molecule has 6 nitrogen and oxygen atoms in total. The maximum Gasteiger partial charge on any atom is 0.251 e. The topological polar surface area (TPSA) is 71.3 Å². The van der Waals surface area contributed by atoms with Crippen molar-refractivity contribution in [3.8, 4) is 11.4 Å². The first-order valence-corrected chi connectivity index (χ1v) is 8.55. The number of benzene rings is 2. The molecule has 3 aromatic rings. The number of nitrogens with zero attached hydrogens (tertiary/aromatic N) is 3. The minimum absolute atomic E-state index is 0.132. The minimum Gasteiger partial charge on any atom is -0.378 e. The summed E-state index contributed by atoms with van der Waals surface area (Å²) in [5, 5.41) is 7.46. The summed E-state index contributed by atoms with van der Waals surface area (Å²) in [6, 6.07) is 14.6. The van der Waals surface area contributed by atoms with Crippen LogP contribution in [0.5, 0.6) is 0 Å². The van der Waals surface area contributed by atoms with E-state index in [0.29, 0.717) is 35.3 Å². The third-order valence-corrected chi connectivity index (χ3v) is 4.09. The Balaban J connectivity index is 1.53. The summed E-state index contributed by atoms with van der Waals surface area (Å²) in [6.07, 6.45) is 0.460. The number of rotatable bonds is 6. The maximum atomic E-state index is 12.2. The minimum atomic E-state index is -0.132. The van der Waals surface area contributed by atoms with Crippen LogP contribution in [-0.4, -0.2) is 36.7 Å². The average molecular weight is 371 g/mol. The lowest BCUT2D eigenvalue weighted by Crippen LogP contribution is -2.25. The molecule has 1 amide bonds. The van der Waals surface area contributed by atoms with Crippen LogP contribution in [-0.2, 0) is 6.42 Å². The van der Waals surface area contributed by atoms with Gasteiger partial charge in [0.1, 0.15) is 0 Å². The zero-order chi connectivity index (χ0) is 18.5. The van der Waals surface area contributed by atoms with Gasteiger partial charge in [-0.1, -0.05) is 16.8 Å². The Bertz CT molecular complexity index is 873. The van der Waals surface area contributed by atoms with Crippen molar-refractivity contribution in [3.63, 3.8) is 0 Å². The number of nitrogens with one attached hydrogen (secondary N) is 1. The van der Waals surface area contributed by atoms with E-state index in [2.05, 4.69) is 15.5 Å². The quantitative estimate of drug-likeness (QED) is 0.719. The van der Waals surface area contributed by atoms with Crippen LogP contribution in [0.4, 0.5) is 5.69 Å². The number of halogens is 1. The molecule has 0 aliphatic carbocycles. The molecular formula is C19H19ClN4O2. The van der Waals surface area contributed by atoms with Crippen molar-refractivity contribution in [3.05, 3.63) is 65.0 Å². The summed E-state index contributed by atoms with van der Waals surface area (Å²) >= 11 is 5.87. The molecule has 2 aromatic carbocycles. The van der Waals surface area contributed by atoms with Crippen LogP contribution < -0.4 is 10.2 Å². The second-order valence-electron chi connectivity index (χ2n) is 5.97. The van der Waals surface area contributed by atoms with Crippen LogP contribution in [0, 0.1) is 0 Å². The van der Waals surface area contributed by atoms with E-state index in [4.69, 9.17) is 16.1 Å². The van der Waals surface area contributed by atoms with Gasteiger partial charge in [0, 0.05) is 48.9 Å².